The third-order valence-electron chi connectivity index (χ3n) is 2.31. The summed E-state index contributed by atoms with van der Waals surface area (Å²) in [7, 11) is 0. The molecule has 6 heteroatoms. The molecule has 2 aromatic rings. The molecule has 0 aliphatic heterocycles. The number of pyridine rings is 1. The van der Waals surface area contributed by atoms with Crippen molar-refractivity contribution in [1.29, 1.82) is 0 Å². The van der Waals surface area contributed by atoms with Crippen molar-refractivity contribution in [2.75, 3.05) is 6.61 Å². The Kier molecular flexibility index (Phi) is 3.62. The maximum absolute atomic E-state index is 11.8. The molecule has 0 radical (unpaired) electrons. The number of carbonyl (C=O) groups excluding carboxylic acids is 1. The molecule has 0 unspecified atom stereocenters. The first-order chi connectivity index (χ1) is 8.63. The summed E-state index contributed by atoms with van der Waals surface area (Å²) in [5.41, 5.74) is 1.17. The van der Waals surface area contributed by atoms with E-state index in [1.165, 1.54) is 6.20 Å². The van der Waals surface area contributed by atoms with Gasteiger partial charge in [0.05, 0.1) is 17.3 Å². The number of carbonyl (C=O) groups is 1. The van der Waals surface area contributed by atoms with Gasteiger partial charge in [0, 0.05) is 6.20 Å². The predicted octanol–water partition coefficient (Wildman–Crippen LogP) is 2.88. The number of rotatable bonds is 3. The molecule has 0 aliphatic rings. The molecule has 2 rings (SSSR count). The van der Waals surface area contributed by atoms with Gasteiger partial charge in [0.15, 0.2) is 0 Å². The lowest BCUT2D eigenvalue weighted by atomic mass is 10.1. The quantitative estimate of drug-likeness (QED) is 0.799. The van der Waals surface area contributed by atoms with Crippen LogP contribution < -0.4 is 0 Å². The predicted molar refractivity (Wildman–Crippen MR) is 65.4 cm³/mol. The summed E-state index contributed by atoms with van der Waals surface area (Å²) in [4.78, 5) is 15.9. The number of halogens is 1. The molecule has 0 saturated heterocycles. The van der Waals surface area contributed by atoms with E-state index in [1.54, 1.807) is 26.0 Å². The fourth-order valence-electron chi connectivity index (χ4n) is 1.51. The molecule has 0 aromatic carbocycles. The Labute approximate surface area is 109 Å². The molecule has 0 amide bonds. The van der Waals surface area contributed by atoms with Gasteiger partial charge in [-0.05, 0) is 26.0 Å². The molecule has 0 saturated carbocycles. The Hall–Kier alpha value is -1.88. The maximum Gasteiger partial charge on any atom is 0.344 e. The van der Waals surface area contributed by atoms with Gasteiger partial charge < -0.3 is 9.26 Å². The van der Waals surface area contributed by atoms with Crippen molar-refractivity contribution >= 4 is 17.6 Å². The lowest BCUT2D eigenvalue weighted by Gasteiger charge is -2.02. The minimum absolute atomic E-state index is 0.289. The van der Waals surface area contributed by atoms with Crippen molar-refractivity contribution in [1.82, 2.24) is 10.1 Å². The van der Waals surface area contributed by atoms with E-state index in [1.807, 2.05) is 0 Å². The van der Waals surface area contributed by atoms with Gasteiger partial charge in [0.2, 0.25) is 0 Å². The van der Waals surface area contributed by atoms with Crippen LogP contribution in [0.25, 0.3) is 11.4 Å². The van der Waals surface area contributed by atoms with Crippen LogP contribution in [0.4, 0.5) is 0 Å². The summed E-state index contributed by atoms with van der Waals surface area (Å²) in [5, 5.41) is 4.35. The number of esters is 1. The Bertz CT molecular complexity index is 563. The van der Waals surface area contributed by atoms with Crippen LogP contribution in [0.5, 0.6) is 0 Å². The van der Waals surface area contributed by atoms with Crippen molar-refractivity contribution in [3.05, 3.63) is 34.7 Å². The molecule has 0 bridgehead atoms. The van der Waals surface area contributed by atoms with Crippen LogP contribution >= 0.6 is 11.6 Å². The molecule has 5 nitrogen and oxygen atoms in total. The molecule has 0 atom stereocenters. The lowest BCUT2D eigenvalue weighted by Crippen LogP contribution is -2.06. The molecule has 0 aliphatic carbocycles. The smallest absolute Gasteiger partial charge is 0.344 e. The minimum Gasteiger partial charge on any atom is -0.462 e. The number of hydrogen-bond acceptors (Lipinski definition) is 5. The molecule has 0 N–H and O–H groups in total. The zero-order chi connectivity index (χ0) is 13.1. The molecule has 18 heavy (non-hydrogen) atoms. The number of nitrogens with zero attached hydrogens (tertiary/aromatic N) is 2. The highest BCUT2D eigenvalue weighted by Crippen LogP contribution is 2.25. The lowest BCUT2D eigenvalue weighted by molar-refractivity contribution is 0.0525. The van der Waals surface area contributed by atoms with Crippen molar-refractivity contribution in [3.8, 4) is 11.4 Å². The van der Waals surface area contributed by atoms with Crippen LogP contribution in [0.2, 0.25) is 5.02 Å². The van der Waals surface area contributed by atoms with Gasteiger partial charge >= 0.3 is 5.97 Å². The Morgan fingerprint density at radius 2 is 2.28 bits per heavy atom. The molecule has 2 aromatic heterocycles. The number of aromatic nitrogens is 2. The zero-order valence-corrected chi connectivity index (χ0v) is 10.7. The largest absolute Gasteiger partial charge is 0.462 e. The monoisotopic (exact) mass is 266 g/mol. The van der Waals surface area contributed by atoms with Crippen LogP contribution in [0.3, 0.4) is 0 Å². The van der Waals surface area contributed by atoms with E-state index in [0.717, 1.165) is 0 Å². The summed E-state index contributed by atoms with van der Waals surface area (Å²) >= 11 is 5.76. The van der Waals surface area contributed by atoms with Crippen molar-refractivity contribution in [2.45, 2.75) is 13.8 Å². The summed E-state index contributed by atoms with van der Waals surface area (Å²) in [6.45, 7) is 3.68. The highest BCUT2D eigenvalue weighted by molar-refractivity contribution is 6.30. The minimum atomic E-state index is -0.469. The molecule has 0 fully saturated rings. The molecule has 2 heterocycles. The number of ether oxygens (including phenoxy) is 1. The summed E-state index contributed by atoms with van der Waals surface area (Å²) in [6.07, 6.45) is 1.48. The molecule has 94 valence electrons. The van der Waals surface area contributed by atoms with Gasteiger partial charge in [-0.3, -0.25) is 4.98 Å². The summed E-state index contributed by atoms with van der Waals surface area (Å²) in [5.74, 6) is -0.0665. The second-order valence-electron chi connectivity index (χ2n) is 3.54. The van der Waals surface area contributed by atoms with Crippen LogP contribution in [-0.4, -0.2) is 22.7 Å². The molecular weight excluding hydrogens is 256 g/mol. The van der Waals surface area contributed by atoms with Gasteiger partial charge in [-0.15, -0.1) is 0 Å². The third kappa shape index (κ3) is 2.36. The van der Waals surface area contributed by atoms with Gasteiger partial charge in [-0.25, -0.2) is 4.79 Å². The average Bonchev–Trinajstić information content (AvgIpc) is 2.72. The fraction of sp³-hybridized carbons (Fsp3) is 0.250. The van der Waals surface area contributed by atoms with Crippen LogP contribution in [0, 0.1) is 6.92 Å². The first kappa shape index (κ1) is 12.6. The average molecular weight is 267 g/mol. The van der Waals surface area contributed by atoms with E-state index >= 15 is 0 Å². The van der Waals surface area contributed by atoms with E-state index < -0.39 is 5.97 Å². The van der Waals surface area contributed by atoms with Crippen molar-refractivity contribution in [2.24, 2.45) is 0 Å². The van der Waals surface area contributed by atoms with Crippen LogP contribution in [-0.2, 0) is 4.74 Å². The van der Waals surface area contributed by atoms with Crippen molar-refractivity contribution < 1.29 is 14.1 Å². The number of aryl methyl sites for hydroxylation is 1. The summed E-state index contributed by atoms with van der Waals surface area (Å²) in [6, 6.07) is 3.34. The van der Waals surface area contributed by atoms with E-state index in [4.69, 9.17) is 20.9 Å². The fourth-order valence-corrected chi connectivity index (χ4v) is 1.62. The Morgan fingerprint density at radius 1 is 1.50 bits per heavy atom. The standard InChI is InChI=1S/C12H11ClN2O3/c1-3-17-12(16)10-7(2)18-15-11(10)9-5-4-8(13)6-14-9/h4-6H,3H2,1-2H3. The van der Waals surface area contributed by atoms with Gasteiger partial charge in [-0.1, -0.05) is 16.8 Å². The maximum atomic E-state index is 11.8. The summed E-state index contributed by atoms with van der Waals surface area (Å²) < 4.78 is 9.98. The first-order valence-corrected chi connectivity index (χ1v) is 5.76. The first-order valence-electron chi connectivity index (χ1n) is 5.38. The number of hydrogen-bond donors (Lipinski definition) is 0. The van der Waals surface area contributed by atoms with E-state index in [9.17, 15) is 4.79 Å². The molecular formula is C12H11ClN2O3. The zero-order valence-electron chi connectivity index (χ0n) is 9.94. The third-order valence-corrected chi connectivity index (χ3v) is 2.54. The highest BCUT2D eigenvalue weighted by atomic mass is 35.5. The van der Waals surface area contributed by atoms with Crippen LogP contribution in [0.1, 0.15) is 23.0 Å². The molecule has 0 spiro atoms. The van der Waals surface area contributed by atoms with Gasteiger partial charge in [-0.2, -0.15) is 0 Å². The van der Waals surface area contributed by atoms with Gasteiger partial charge in [0.25, 0.3) is 0 Å². The van der Waals surface area contributed by atoms with Crippen molar-refractivity contribution in [3.63, 3.8) is 0 Å². The van der Waals surface area contributed by atoms with E-state index in [0.29, 0.717) is 27.7 Å². The second kappa shape index (κ2) is 5.18. The Morgan fingerprint density at radius 3 is 2.89 bits per heavy atom. The topological polar surface area (TPSA) is 65.2 Å². The SMILES string of the molecule is CCOC(=O)c1c(-c2ccc(Cl)cn2)noc1C. The van der Waals surface area contributed by atoms with E-state index in [-0.39, 0.29) is 6.61 Å². The highest BCUT2D eigenvalue weighted by Gasteiger charge is 2.23. The normalized spacial score (nSPS) is 10.4. The van der Waals surface area contributed by atoms with Crippen LogP contribution in [0.15, 0.2) is 22.9 Å². The van der Waals surface area contributed by atoms with E-state index in [2.05, 4.69) is 10.1 Å². The van der Waals surface area contributed by atoms with Gasteiger partial charge in [0.1, 0.15) is 17.0 Å². The Balaban J connectivity index is 2.45. The second-order valence-corrected chi connectivity index (χ2v) is 3.98.